The predicted molar refractivity (Wildman–Crippen MR) is 126 cm³/mol. The number of halogens is 2. The number of piperazine rings is 1. The first-order valence-corrected chi connectivity index (χ1v) is 11.7. The van der Waals surface area contributed by atoms with Crippen molar-refractivity contribution in [1.29, 1.82) is 0 Å². The van der Waals surface area contributed by atoms with Gasteiger partial charge in [0.2, 0.25) is 5.91 Å². The number of hydrogen-bond acceptors (Lipinski definition) is 8. The smallest absolute Gasteiger partial charge is 0.497 e. The van der Waals surface area contributed by atoms with Crippen LogP contribution in [0.1, 0.15) is 30.6 Å². The Kier molecular flexibility index (Phi) is 8.80. The average Bonchev–Trinajstić information content (AvgIpc) is 2.77. The van der Waals surface area contributed by atoms with Crippen molar-refractivity contribution in [2.75, 3.05) is 26.7 Å². The van der Waals surface area contributed by atoms with E-state index in [9.17, 15) is 19.2 Å². The number of carbonyl (C=O) groups excluding carboxylic acids is 4. The SMILES string of the molecule is CC(C)CC(NC(=O)CNC(=O)c1cc(Cl)ccc1Cl)B1OC(=O)[C@@H]2CNC[C@@H](C(=O)O1)N2C. The van der Waals surface area contributed by atoms with Crippen LogP contribution in [0.15, 0.2) is 18.2 Å². The fraction of sp³-hybridized carbons (Fsp3) is 0.524. The minimum absolute atomic E-state index is 0.0804. The van der Waals surface area contributed by atoms with Crippen LogP contribution in [0.2, 0.25) is 10.0 Å². The third kappa shape index (κ3) is 6.41. The maximum absolute atomic E-state index is 12.7. The lowest BCUT2D eigenvalue weighted by Crippen LogP contribution is -2.66. The zero-order chi connectivity index (χ0) is 25.0. The van der Waals surface area contributed by atoms with Gasteiger partial charge in [0.15, 0.2) is 0 Å². The molecule has 2 aliphatic heterocycles. The molecule has 0 aliphatic carbocycles. The summed E-state index contributed by atoms with van der Waals surface area (Å²) in [4.78, 5) is 52.1. The lowest BCUT2D eigenvalue weighted by atomic mass is 9.73. The summed E-state index contributed by atoms with van der Waals surface area (Å²) in [6.45, 7) is 4.14. The lowest BCUT2D eigenvalue weighted by Gasteiger charge is -2.40. The molecule has 2 amide bonds. The zero-order valence-corrected chi connectivity index (χ0v) is 20.6. The van der Waals surface area contributed by atoms with Crippen molar-refractivity contribution < 1.29 is 28.5 Å². The van der Waals surface area contributed by atoms with E-state index in [-0.39, 0.29) is 23.0 Å². The molecule has 2 aliphatic rings. The van der Waals surface area contributed by atoms with E-state index < -0.39 is 48.9 Å². The summed E-state index contributed by atoms with van der Waals surface area (Å²) < 4.78 is 11.0. The van der Waals surface area contributed by atoms with Crippen LogP contribution in [0.4, 0.5) is 0 Å². The van der Waals surface area contributed by atoms with Crippen LogP contribution in [0.5, 0.6) is 0 Å². The highest BCUT2D eigenvalue weighted by atomic mass is 35.5. The van der Waals surface area contributed by atoms with Gasteiger partial charge in [0.1, 0.15) is 12.1 Å². The van der Waals surface area contributed by atoms with Gasteiger partial charge >= 0.3 is 19.1 Å². The molecule has 1 aromatic carbocycles. The highest BCUT2D eigenvalue weighted by Gasteiger charge is 2.48. The molecule has 0 radical (unpaired) electrons. The molecule has 2 heterocycles. The third-order valence-electron chi connectivity index (χ3n) is 5.65. The van der Waals surface area contributed by atoms with E-state index in [1.165, 1.54) is 12.1 Å². The van der Waals surface area contributed by atoms with Crippen molar-refractivity contribution in [3.8, 4) is 0 Å². The zero-order valence-electron chi connectivity index (χ0n) is 19.1. The Morgan fingerprint density at radius 2 is 1.79 bits per heavy atom. The number of fused-ring (bicyclic) bond motifs is 2. The number of likely N-dealkylation sites (N-methyl/N-ethyl adjacent to an activating group) is 1. The lowest BCUT2D eigenvalue weighted by molar-refractivity contribution is -0.156. The van der Waals surface area contributed by atoms with Crippen LogP contribution in [-0.2, 0) is 23.7 Å². The molecule has 0 aromatic heterocycles. The Morgan fingerprint density at radius 1 is 1.18 bits per heavy atom. The molecule has 2 bridgehead atoms. The molecule has 3 atom stereocenters. The van der Waals surface area contributed by atoms with Gasteiger partial charge < -0.3 is 25.3 Å². The molecule has 184 valence electrons. The van der Waals surface area contributed by atoms with Gasteiger partial charge in [-0.25, -0.2) is 0 Å². The van der Waals surface area contributed by atoms with Crippen molar-refractivity contribution in [2.24, 2.45) is 5.92 Å². The molecule has 1 aromatic rings. The van der Waals surface area contributed by atoms with Crippen LogP contribution in [-0.4, -0.2) is 80.5 Å². The second-order valence-electron chi connectivity index (χ2n) is 8.71. The van der Waals surface area contributed by atoms with Gasteiger partial charge in [-0.1, -0.05) is 37.0 Å². The summed E-state index contributed by atoms with van der Waals surface area (Å²) in [5, 5.41) is 8.76. The van der Waals surface area contributed by atoms with E-state index in [0.717, 1.165) is 0 Å². The molecule has 3 rings (SSSR count). The van der Waals surface area contributed by atoms with Crippen molar-refractivity contribution in [1.82, 2.24) is 20.9 Å². The first kappa shape index (κ1) is 26.3. The molecular formula is C21H27BCl2N4O6. The van der Waals surface area contributed by atoms with E-state index in [2.05, 4.69) is 16.0 Å². The highest BCUT2D eigenvalue weighted by Crippen LogP contribution is 2.21. The Morgan fingerprint density at radius 3 is 2.38 bits per heavy atom. The highest BCUT2D eigenvalue weighted by molar-refractivity contribution is 6.51. The number of rotatable bonds is 7. The summed E-state index contributed by atoms with van der Waals surface area (Å²) in [5.41, 5.74) is 0.132. The summed E-state index contributed by atoms with van der Waals surface area (Å²) >= 11 is 11.9. The number of amides is 2. The fourth-order valence-corrected chi connectivity index (χ4v) is 4.24. The van der Waals surface area contributed by atoms with Crippen molar-refractivity contribution >= 4 is 54.1 Å². The van der Waals surface area contributed by atoms with Crippen molar-refractivity contribution in [3.05, 3.63) is 33.8 Å². The first-order valence-electron chi connectivity index (χ1n) is 10.9. The quantitative estimate of drug-likeness (QED) is 0.455. The molecule has 0 spiro atoms. The maximum Gasteiger partial charge on any atom is 0.622 e. The maximum atomic E-state index is 12.7. The van der Waals surface area contributed by atoms with Crippen LogP contribution in [0, 0.1) is 5.92 Å². The number of hydrogen-bond donors (Lipinski definition) is 3. The molecule has 34 heavy (non-hydrogen) atoms. The molecule has 3 N–H and O–H groups in total. The summed E-state index contributed by atoms with van der Waals surface area (Å²) in [5.74, 6) is -2.95. The van der Waals surface area contributed by atoms with E-state index >= 15 is 0 Å². The van der Waals surface area contributed by atoms with Gasteiger partial charge in [-0.2, -0.15) is 0 Å². The molecular weight excluding hydrogens is 486 g/mol. The average molecular weight is 513 g/mol. The summed E-state index contributed by atoms with van der Waals surface area (Å²) in [6, 6.07) is 3.13. The molecule has 1 unspecified atom stereocenters. The van der Waals surface area contributed by atoms with Crippen LogP contribution < -0.4 is 16.0 Å². The minimum atomic E-state index is -1.29. The Labute approximate surface area is 208 Å². The van der Waals surface area contributed by atoms with Crippen LogP contribution in [0.3, 0.4) is 0 Å². The first-order chi connectivity index (χ1) is 16.1. The van der Waals surface area contributed by atoms with Crippen LogP contribution in [0.25, 0.3) is 0 Å². The van der Waals surface area contributed by atoms with E-state index in [4.69, 9.17) is 32.5 Å². The van der Waals surface area contributed by atoms with E-state index in [0.29, 0.717) is 24.5 Å². The predicted octanol–water partition coefficient (Wildman–Crippen LogP) is 0.654. The second kappa shape index (κ2) is 11.4. The number of nitrogens with zero attached hydrogens (tertiary/aromatic N) is 1. The molecule has 13 heteroatoms. The fourth-order valence-electron chi connectivity index (χ4n) is 3.87. The summed E-state index contributed by atoms with van der Waals surface area (Å²) in [7, 11) is 0.377. The largest absolute Gasteiger partial charge is 0.622 e. The second-order valence-corrected chi connectivity index (χ2v) is 9.55. The van der Waals surface area contributed by atoms with Gasteiger partial charge in [-0.3, -0.25) is 24.1 Å². The molecule has 10 nitrogen and oxygen atoms in total. The monoisotopic (exact) mass is 512 g/mol. The van der Waals surface area contributed by atoms with E-state index in [1.54, 1.807) is 18.0 Å². The van der Waals surface area contributed by atoms with Gasteiger partial charge in [-0.05, 0) is 37.6 Å². The minimum Gasteiger partial charge on any atom is -0.497 e. The number of nitrogens with one attached hydrogen (secondary N) is 3. The Balaban J connectivity index is 1.68. The van der Waals surface area contributed by atoms with Crippen molar-refractivity contribution in [3.63, 3.8) is 0 Å². The topological polar surface area (TPSA) is 126 Å². The van der Waals surface area contributed by atoms with Gasteiger partial charge in [0, 0.05) is 18.1 Å². The number of benzene rings is 1. The molecule has 2 saturated heterocycles. The van der Waals surface area contributed by atoms with Gasteiger partial charge in [0.05, 0.1) is 23.1 Å². The van der Waals surface area contributed by atoms with Crippen LogP contribution >= 0.6 is 23.2 Å². The van der Waals surface area contributed by atoms with Gasteiger partial charge in [-0.15, -0.1) is 0 Å². The number of carbonyl (C=O) groups is 4. The Hall–Kier alpha value is -2.34. The van der Waals surface area contributed by atoms with Crippen molar-refractivity contribution in [2.45, 2.75) is 38.3 Å². The standard InChI is InChI=1S/C21H27BCl2N4O6/c1-11(2)6-17(22-33-20(31)15-8-25-9-16(28(15)3)21(32)34-22)27-18(29)10-26-19(30)13-7-12(23)4-5-14(13)24/h4-5,7,11,15-17,25H,6,8-10H2,1-3H3,(H,26,30)(H,27,29)/t15-,16-,17?/m0/s1. The molecule has 0 saturated carbocycles. The third-order valence-corrected chi connectivity index (χ3v) is 6.21. The normalized spacial score (nSPS) is 21.8. The van der Waals surface area contributed by atoms with E-state index in [1.807, 2.05) is 13.8 Å². The summed E-state index contributed by atoms with van der Waals surface area (Å²) in [6.07, 6.45) is 0.370. The Bertz CT molecular complexity index is 939. The molecule has 2 fully saturated rings. The van der Waals surface area contributed by atoms with Gasteiger partial charge in [0.25, 0.3) is 5.91 Å².